The lowest BCUT2D eigenvalue weighted by molar-refractivity contribution is 0.504. The first-order valence-electron chi connectivity index (χ1n) is 6.36. The third-order valence-corrected chi connectivity index (χ3v) is 4.43. The van der Waals surface area contributed by atoms with Crippen molar-refractivity contribution in [3.63, 3.8) is 0 Å². The monoisotopic (exact) mass is 311 g/mol. The molecule has 0 aliphatic carbocycles. The van der Waals surface area contributed by atoms with E-state index < -0.39 is 27.7 Å². The number of sulfonamides is 1. The Morgan fingerprint density at radius 1 is 1.05 bits per heavy atom. The van der Waals surface area contributed by atoms with Crippen LogP contribution in [-0.4, -0.2) is 8.42 Å². The molecule has 0 aliphatic rings. The number of rotatable bonds is 5. The van der Waals surface area contributed by atoms with E-state index in [0.717, 1.165) is 12.1 Å². The van der Waals surface area contributed by atoms with Crippen LogP contribution < -0.4 is 4.72 Å². The molecule has 0 saturated carbocycles. The Balaban J connectivity index is 2.10. The van der Waals surface area contributed by atoms with Crippen molar-refractivity contribution in [2.45, 2.75) is 18.7 Å². The summed E-state index contributed by atoms with van der Waals surface area (Å²) in [6.07, 6.45) is 0. The van der Waals surface area contributed by atoms with Gasteiger partial charge in [-0.05, 0) is 30.2 Å². The summed E-state index contributed by atoms with van der Waals surface area (Å²) in [4.78, 5) is 0. The maximum Gasteiger partial charge on any atom is 0.216 e. The van der Waals surface area contributed by atoms with Gasteiger partial charge in [0.1, 0.15) is 0 Å². The lowest BCUT2D eigenvalue weighted by atomic mass is 10.1. The van der Waals surface area contributed by atoms with Crippen LogP contribution in [0.1, 0.15) is 24.1 Å². The lowest BCUT2D eigenvalue weighted by Gasteiger charge is -2.15. The van der Waals surface area contributed by atoms with Crippen LogP contribution in [0.5, 0.6) is 0 Å². The molecular formula is C15H15F2NO2S. The van der Waals surface area contributed by atoms with Gasteiger partial charge in [-0.1, -0.05) is 36.4 Å². The highest BCUT2D eigenvalue weighted by Gasteiger charge is 2.17. The van der Waals surface area contributed by atoms with Crippen LogP contribution in [0.15, 0.2) is 48.5 Å². The Hall–Kier alpha value is -1.79. The summed E-state index contributed by atoms with van der Waals surface area (Å²) in [5, 5.41) is 0. The molecule has 0 amide bonds. The van der Waals surface area contributed by atoms with Gasteiger partial charge in [-0.15, -0.1) is 0 Å². The quantitative estimate of drug-likeness (QED) is 0.922. The van der Waals surface area contributed by atoms with Gasteiger partial charge >= 0.3 is 0 Å². The second-order valence-corrected chi connectivity index (χ2v) is 6.51. The van der Waals surface area contributed by atoms with E-state index in [1.54, 1.807) is 37.3 Å². The Morgan fingerprint density at radius 2 is 1.71 bits per heavy atom. The molecule has 0 heterocycles. The van der Waals surface area contributed by atoms with E-state index in [0.29, 0.717) is 11.1 Å². The van der Waals surface area contributed by atoms with Crippen molar-refractivity contribution in [2.24, 2.45) is 0 Å². The molecule has 0 fully saturated rings. The molecule has 1 N–H and O–H groups in total. The first-order valence-corrected chi connectivity index (χ1v) is 8.01. The van der Waals surface area contributed by atoms with Gasteiger partial charge in [-0.3, -0.25) is 0 Å². The topological polar surface area (TPSA) is 46.2 Å². The Kier molecular flexibility index (Phi) is 4.69. The van der Waals surface area contributed by atoms with Crippen LogP contribution in [0.2, 0.25) is 0 Å². The van der Waals surface area contributed by atoms with Gasteiger partial charge in [0.25, 0.3) is 0 Å². The second-order valence-electron chi connectivity index (χ2n) is 4.76. The van der Waals surface area contributed by atoms with Gasteiger partial charge in [0.15, 0.2) is 11.6 Å². The fraction of sp³-hybridized carbons (Fsp3) is 0.200. The predicted octanol–water partition coefficient (Wildman–Crippen LogP) is 3.15. The fourth-order valence-corrected chi connectivity index (χ4v) is 3.34. The van der Waals surface area contributed by atoms with Gasteiger partial charge in [0.05, 0.1) is 5.75 Å². The standard InChI is InChI=1S/C15H15F2NO2S/c1-11(13-7-8-14(16)15(17)9-13)18-21(19,20)10-12-5-3-2-4-6-12/h2-9,11,18H,10H2,1H3. The number of nitrogens with one attached hydrogen (secondary N) is 1. The largest absolute Gasteiger partial charge is 0.216 e. The van der Waals surface area contributed by atoms with Crippen molar-refractivity contribution in [1.29, 1.82) is 0 Å². The minimum Gasteiger partial charge on any atom is -0.212 e. The molecule has 21 heavy (non-hydrogen) atoms. The number of halogens is 2. The molecule has 0 saturated heterocycles. The molecule has 2 rings (SSSR count). The van der Waals surface area contributed by atoms with Crippen LogP contribution in [0.25, 0.3) is 0 Å². The Bertz CT molecular complexity index is 718. The summed E-state index contributed by atoms with van der Waals surface area (Å²) >= 11 is 0. The van der Waals surface area contributed by atoms with Crippen LogP contribution in [0.4, 0.5) is 8.78 Å². The van der Waals surface area contributed by atoms with Crippen LogP contribution in [0.3, 0.4) is 0 Å². The molecule has 2 aromatic carbocycles. The average Bonchev–Trinajstić information content (AvgIpc) is 2.41. The molecule has 1 atom stereocenters. The molecule has 112 valence electrons. The third-order valence-electron chi connectivity index (χ3n) is 3.00. The van der Waals surface area contributed by atoms with Crippen molar-refractivity contribution >= 4 is 10.0 Å². The second kappa shape index (κ2) is 6.32. The predicted molar refractivity (Wildman–Crippen MR) is 77.0 cm³/mol. The number of hydrogen-bond donors (Lipinski definition) is 1. The van der Waals surface area contributed by atoms with Gasteiger partial charge in [-0.25, -0.2) is 21.9 Å². The zero-order valence-corrected chi connectivity index (χ0v) is 12.2. The number of benzene rings is 2. The van der Waals surface area contributed by atoms with Gasteiger partial charge in [0, 0.05) is 6.04 Å². The van der Waals surface area contributed by atoms with E-state index in [4.69, 9.17) is 0 Å². The minimum atomic E-state index is -3.57. The normalized spacial score (nSPS) is 13.1. The maximum atomic E-state index is 13.2. The Labute approximate surface area is 122 Å². The summed E-state index contributed by atoms with van der Waals surface area (Å²) in [5.41, 5.74) is 1.02. The summed E-state index contributed by atoms with van der Waals surface area (Å²) in [6, 6.07) is 11.4. The zero-order chi connectivity index (χ0) is 15.5. The Morgan fingerprint density at radius 3 is 2.33 bits per heavy atom. The summed E-state index contributed by atoms with van der Waals surface area (Å²) in [7, 11) is -3.57. The smallest absolute Gasteiger partial charge is 0.212 e. The molecule has 1 unspecified atom stereocenters. The van der Waals surface area contributed by atoms with E-state index in [9.17, 15) is 17.2 Å². The molecule has 6 heteroatoms. The highest BCUT2D eigenvalue weighted by Crippen LogP contribution is 2.17. The van der Waals surface area contributed by atoms with Crippen LogP contribution in [-0.2, 0) is 15.8 Å². The van der Waals surface area contributed by atoms with Crippen molar-refractivity contribution in [3.8, 4) is 0 Å². The lowest BCUT2D eigenvalue weighted by Crippen LogP contribution is -2.28. The molecule has 0 spiro atoms. The van der Waals surface area contributed by atoms with E-state index >= 15 is 0 Å². The van der Waals surface area contributed by atoms with Gasteiger partial charge < -0.3 is 0 Å². The minimum absolute atomic E-state index is 0.165. The first kappa shape index (κ1) is 15.6. The molecule has 0 bridgehead atoms. The zero-order valence-electron chi connectivity index (χ0n) is 11.4. The van der Waals surface area contributed by atoms with Crippen molar-refractivity contribution < 1.29 is 17.2 Å². The van der Waals surface area contributed by atoms with Gasteiger partial charge in [-0.2, -0.15) is 0 Å². The van der Waals surface area contributed by atoms with E-state index in [2.05, 4.69) is 4.72 Å². The van der Waals surface area contributed by atoms with Gasteiger partial charge in [0.2, 0.25) is 10.0 Å². The molecule has 0 aliphatic heterocycles. The SMILES string of the molecule is CC(NS(=O)(=O)Cc1ccccc1)c1ccc(F)c(F)c1. The number of hydrogen-bond acceptors (Lipinski definition) is 2. The van der Waals surface area contributed by atoms with Crippen molar-refractivity contribution in [2.75, 3.05) is 0 Å². The van der Waals surface area contributed by atoms with Crippen LogP contribution in [0, 0.1) is 11.6 Å². The highest BCUT2D eigenvalue weighted by atomic mass is 32.2. The van der Waals surface area contributed by atoms with E-state index in [-0.39, 0.29) is 5.75 Å². The van der Waals surface area contributed by atoms with Crippen molar-refractivity contribution in [3.05, 3.63) is 71.3 Å². The van der Waals surface area contributed by atoms with Crippen LogP contribution >= 0.6 is 0 Å². The summed E-state index contributed by atoms with van der Waals surface area (Å²) < 4.78 is 52.6. The van der Waals surface area contributed by atoms with E-state index in [1.807, 2.05) is 0 Å². The highest BCUT2D eigenvalue weighted by molar-refractivity contribution is 7.88. The average molecular weight is 311 g/mol. The summed E-state index contributed by atoms with van der Waals surface area (Å²) in [6.45, 7) is 1.58. The fourth-order valence-electron chi connectivity index (χ4n) is 1.95. The molecule has 0 radical (unpaired) electrons. The summed E-state index contributed by atoms with van der Waals surface area (Å²) in [5.74, 6) is -2.12. The third kappa shape index (κ3) is 4.34. The molecule has 3 nitrogen and oxygen atoms in total. The molecule has 0 aromatic heterocycles. The molecular weight excluding hydrogens is 296 g/mol. The maximum absolute atomic E-state index is 13.2. The molecule has 2 aromatic rings. The van der Waals surface area contributed by atoms with Crippen molar-refractivity contribution in [1.82, 2.24) is 4.72 Å². The first-order chi connectivity index (χ1) is 9.87. The van der Waals surface area contributed by atoms with E-state index in [1.165, 1.54) is 6.07 Å².